The number of fused-ring (bicyclic) bond motifs is 1. The maximum absolute atomic E-state index is 11.7. The van der Waals surface area contributed by atoms with E-state index in [1.165, 1.54) is 21.7 Å². The monoisotopic (exact) mass is 365 g/mol. The highest BCUT2D eigenvalue weighted by atomic mass is 16.6. The smallest absolute Gasteiger partial charge is 0.471 e. The lowest BCUT2D eigenvalue weighted by atomic mass is 9.94. The molecule has 0 spiro atoms. The standard InChI is InChI=1S/C14H20BN5O6/c1-2-3-25-14(24)15-20-6-18-12-8(11(20)16)17-5-19(12)13-10(23)9(22)7(4-21)26-13/h5-7,9-10,13,21-23H,2-4H2,1H3,(H2,16,18)/q+1/t7-,9-,10-,13-/m1/s1. The van der Waals surface area contributed by atoms with Gasteiger partial charge in [0.15, 0.2) is 11.7 Å². The number of hydrogen-bond acceptors (Lipinski definition) is 9. The zero-order valence-corrected chi connectivity index (χ0v) is 14.1. The van der Waals surface area contributed by atoms with Crippen molar-refractivity contribution in [3.8, 4) is 0 Å². The Labute approximate surface area is 149 Å². The summed E-state index contributed by atoms with van der Waals surface area (Å²) in [6, 6.07) is 0. The number of aromatic nitrogens is 4. The highest BCUT2D eigenvalue weighted by Gasteiger charge is 2.44. The molecule has 26 heavy (non-hydrogen) atoms. The molecule has 11 nitrogen and oxygen atoms in total. The van der Waals surface area contributed by atoms with E-state index in [0.717, 1.165) is 7.41 Å². The highest BCUT2D eigenvalue weighted by Crippen LogP contribution is 2.31. The Morgan fingerprint density at radius 2 is 2.23 bits per heavy atom. The van der Waals surface area contributed by atoms with Crippen LogP contribution in [0.1, 0.15) is 19.6 Å². The minimum atomic E-state index is -1.27. The summed E-state index contributed by atoms with van der Waals surface area (Å²) in [6.07, 6.45) is -1.04. The Hall–Kier alpha value is -2.28. The number of nitrogens with two attached hydrogens (primary N) is 1. The normalized spacial score (nSPS) is 25.5. The van der Waals surface area contributed by atoms with E-state index in [9.17, 15) is 20.1 Å². The van der Waals surface area contributed by atoms with E-state index in [0.29, 0.717) is 18.7 Å². The van der Waals surface area contributed by atoms with E-state index < -0.39 is 37.0 Å². The number of ether oxygens (including phenoxy) is 2. The number of carbonyl (C=O) groups is 1. The summed E-state index contributed by atoms with van der Waals surface area (Å²) in [6.45, 7) is 1.74. The Kier molecular flexibility index (Phi) is 5.37. The molecule has 3 heterocycles. The van der Waals surface area contributed by atoms with Crippen molar-refractivity contribution in [1.82, 2.24) is 14.5 Å². The Balaban J connectivity index is 1.87. The number of anilines is 1. The van der Waals surface area contributed by atoms with Crippen LogP contribution < -0.4 is 10.2 Å². The molecule has 0 bridgehead atoms. The molecule has 12 heteroatoms. The number of carbonyl (C=O) groups excluding carboxylic acids is 1. The Bertz CT molecular complexity index is 801. The number of aliphatic hydroxyl groups excluding tert-OH is 3. The molecule has 0 aromatic carbocycles. The Morgan fingerprint density at radius 3 is 2.88 bits per heavy atom. The zero-order valence-electron chi connectivity index (χ0n) is 14.1. The van der Waals surface area contributed by atoms with Crippen molar-refractivity contribution in [3.63, 3.8) is 0 Å². The molecule has 4 atom stereocenters. The first-order chi connectivity index (χ1) is 12.5. The summed E-state index contributed by atoms with van der Waals surface area (Å²) in [5.41, 5.74) is 6.62. The van der Waals surface area contributed by atoms with E-state index in [1.54, 1.807) is 0 Å². The van der Waals surface area contributed by atoms with Crippen molar-refractivity contribution in [2.75, 3.05) is 18.9 Å². The van der Waals surface area contributed by atoms with Crippen LogP contribution in [0.15, 0.2) is 12.7 Å². The molecule has 1 radical (unpaired) electrons. The molecule has 0 aliphatic carbocycles. The molecule has 1 fully saturated rings. The molecular weight excluding hydrogens is 345 g/mol. The van der Waals surface area contributed by atoms with Crippen LogP contribution in [-0.2, 0) is 9.47 Å². The van der Waals surface area contributed by atoms with Gasteiger partial charge in [-0.15, -0.1) is 0 Å². The molecule has 2 aromatic heterocycles. The van der Waals surface area contributed by atoms with Crippen LogP contribution in [0.2, 0.25) is 0 Å². The molecule has 3 rings (SSSR count). The fourth-order valence-electron chi connectivity index (χ4n) is 2.72. The van der Waals surface area contributed by atoms with E-state index in [-0.39, 0.29) is 11.3 Å². The van der Waals surface area contributed by atoms with Gasteiger partial charge >= 0.3 is 7.41 Å². The summed E-state index contributed by atoms with van der Waals surface area (Å²) in [4.78, 5) is 20.1. The predicted molar refractivity (Wildman–Crippen MR) is 87.9 cm³/mol. The lowest BCUT2D eigenvalue weighted by Crippen LogP contribution is -2.47. The van der Waals surface area contributed by atoms with Crippen LogP contribution in [0.3, 0.4) is 0 Å². The third kappa shape index (κ3) is 3.23. The number of nitrogen functional groups attached to an aromatic ring is 1. The summed E-state index contributed by atoms with van der Waals surface area (Å²) in [7, 11) is 1.16. The van der Waals surface area contributed by atoms with Crippen molar-refractivity contribution >= 4 is 30.3 Å². The molecule has 0 amide bonds. The fraction of sp³-hybridized carbons (Fsp3) is 0.571. The molecular formula is C14H20BN5O6+. The van der Waals surface area contributed by atoms with E-state index in [4.69, 9.17) is 15.2 Å². The van der Waals surface area contributed by atoms with Gasteiger partial charge in [0.25, 0.3) is 5.87 Å². The highest BCUT2D eigenvalue weighted by molar-refractivity contribution is 6.65. The van der Waals surface area contributed by atoms with Crippen molar-refractivity contribution in [2.45, 2.75) is 37.9 Å². The molecule has 1 saturated heterocycles. The average molecular weight is 365 g/mol. The van der Waals surface area contributed by atoms with Crippen LogP contribution in [0.25, 0.3) is 11.2 Å². The third-order valence-corrected chi connectivity index (χ3v) is 4.08. The van der Waals surface area contributed by atoms with Gasteiger partial charge in [-0.3, -0.25) is 13.8 Å². The molecule has 0 unspecified atom stereocenters. The van der Waals surface area contributed by atoms with Gasteiger partial charge in [0.1, 0.15) is 24.6 Å². The molecule has 5 N–H and O–H groups in total. The predicted octanol–water partition coefficient (Wildman–Crippen LogP) is -2.07. The van der Waals surface area contributed by atoms with Crippen LogP contribution >= 0.6 is 0 Å². The third-order valence-electron chi connectivity index (χ3n) is 4.08. The second-order valence-electron chi connectivity index (χ2n) is 5.89. The average Bonchev–Trinajstić information content (AvgIpc) is 3.18. The molecule has 2 aromatic rings. The van der Waals surface area contributed by atoms with Gasteiger partial charge in [0.05, 0.1) is 13.2 Å². The molecule has 1 aliphatic rings. The van der Waals surface area contributed by atoms with Gasteiger partial charge in [0, 0.05) is 0 Å². The zero-order chi connectivity index (χ0) is 18.8. The van der Waals surface area contributed by atoms with Gasteiger partial charge in [-0.2, -0.15) is 0 Å². The maximum Gasteiger partial charge on any atom is 0.492 e. The van der Waals surface area contributed by atoms with Crippen LogP contribution in [0.4, 0.5) is 10.6 Å². The number of aliphatic hydroxyl groups is 3. The van der Waals surface area contributed by atoms with Gasteiger partial charge in [0.2, 0.25) is 17.8 Å². The topological polar surface area (TPSA) is 157 Å². The largest absolute Gasteiger partial charge is 0.492 e. The first-order valence-electron chi connectivity index (χ1n) is 8.14. The Morgan fingerprint density at radius 1 is 1.46 bits per heavy atom. The number of hydrogen-bond donors (Lipinski definition) is 4. The van der Waals surface area contributed by atoms with Gasteiger partial charge in [-0.25, -0.2) is 4.98 Å². The minimum absolute atomic E-state index is 0.147. The van der Waals surface area contributed by atoms with Crippen molar-refractivity contribution in [2.24, 2.45) is 0 Å². The maximum atomic E-state index is 11.7. The number of rotatable bonds is 6. The minimum Gasteiger partial charge on any atom is -0.471 e. The van der Waals surface area contributed by atoms with Crippen LogP contribution in [0.5, 0.6) is 0 Å². The summed E-state index contributed by atoms with van der Waals surface area (Å²) in [5.74, 6) is -0.415. The lowest BCUT2D eigenvalue weighted by molar-refractivity contribution is -0.513. The van der Waals surface area contributed by atoms with Gasteiger partial charge < -0.3 is 30.5 Å². The van der Waals surface area contributed by atoms with Crippen molar-refractivity contribution in [1.29, 1.82) is 0 Å². The summed E-state index contributed by atoms with van der Waals surface area (Å²) < 4.78 is 13.1. The second kappa shape index (κ2) is 7.54. The summed E-state index contributed by atoms with van der Waals surface area (Å²) in [5, 5.41) is 29.2. The van der Waals surface area contributed by atoms with E-state index in [1.807, 2.05) is 6.92 Å². The fourth-order valence-corrected chi connectivity index (χ4v) is 2.72. The first kappa shape index (κ1) is 18.5. The molecule has 0 saturated carbocycles. The van der Waals surface area contributed by atoms with Gasteiger partial charge in [-0.1, -0.05) is 11.9 Å². The van der Waals surface area contributed by atoms with Crippen molar-refractivity contribution in [3.05, 3.63) is 12.7 Å². The SMILES string of the molecule is CCCOC(=O)[B][n+]1cnc2c(ncn2[C@@H]2O[C@H](CO)[C@@H](O)[C@H]2O)c1N. The summed E-state index contributed by atoms with van der Waals surface area (Å²) >= 11 is 0. The lowest BCUT2D eigenvalue weighted by Gasteiger charge is -2.15. The number of imidazole rings is 1. The first-order valence-corrected chi connectivity index (χ1v) is 8.14. The molecule has 1 aliphatic heterocycles. The van der Waals surface area contributed by atoms with Crippen molar-refractivity contribution < 1.29 is 34.1 Å². The quantitative estimate of drug-likeness (QED) is 0.422. The molecule has 139 valence electrons. The van der Waals surface area contributed by atoms with Gasteiger partial charge in [-0.05, 0) is 6.42 Å². The van der Waals surface area contributed by atoms with E-state index >= 15 is 0 Å². The second-order valence-corrected chi connectivity index (χ2v) is 5.89. The van der Waals surface area contributed by atoms with E-state index in [2.05, 4.69) is 9.97 Å². The number of nitrogens with zero attached hydrogens (tertiary/aromatic N) is 4. The van der Waals surface area contributed by atoms with Crippen LogP contribution in [-0.4, -0.2) is 74.7 Å². The van der Waals surface area contributed by atoms with Crippen LogP contribution in [0, 0.1) is 0 Å².